The summed E-state index contributed by atoms with van der Waals surface area (Å²) in [6.45, 7) is 0. The zero-order valence-electron chi connectivity index (χ0n) is 10.6. The van der Waals surface area contributed by atoms with E-state index in [1.807, 2.05) is 0 Å². The highest BCUT2D eigenvalue weighted by Gasteiger charge is 2.14. The number of amides is 1. The molecule has 2 rings (SSSR count). The van der Waals surface area contributed by atoms with Crippen LogP contribution < -0.4 is 11.1 Å². The van der Waals surface area contributed by atoms with Crippen LogP contribution in [-0.4, -0.2) is 5.91 Å². The van der Waals surface area contributed by atoms with Crippen molar-refractivity contribution < 1.29 is 22.4 Å². The fourth-order valence-corrected chi connectivity index (χ4v) is 1.71. The predicted molar refractivity (Wildman–Crippen MR) is 69.5 cm³/mol. The van der Waals surface area contributed by atoms with Gasteiger partial charge in [-0.3, -0.25) is 4.79 Å². The van der Waals surface area contributed by atoms with E-state index < -0.39 is 35.6 Å². The Bertz CT molecular complexity index is 704. The zero-order chi connectivity index (χ0) is 15.6. The molecular weight excluding hydrogens is 288 g/mol. The zero-order valence-corrected chi connectivity index (χ0v) is 10.6. The van der Waals surface area contributed by atoms with Crippen molar-refractivity contribution in [2.24, 2.45) is 0 Å². The highest BCUT2D eigenvalue weighted by atomic mass is 19.2. The maximum Gasteiger partial charge on any atom is 0.228 e. The fraction of sp³-hybridized carbons (Fsp3) is 0.0714. The second-order valence-electron chi connectivity index (χ2n) is 4.29. The Morgan fingerprint density at radius 2 is 1.76 bits per heavy atom. The minimum absolute atomic E-state index is 0.178. The van der Waals surface area contributed by atoms with Gasteiger partial charge in [-0.2, -0.15) is 0 Å². The summed E-state index contributed by atoms with van der Waals surface area (Å²) < 4.78 is 52.8. The molecule has 21 heavy (non-hydrogen) atoms. The lowest BCUT2D eigenvalue weighted by Gasteiger charge is -2.08. The molecule has 0 fully saturated rings. The van der Waals surface area contributed by atoms with E-state index in [0.717, 1.165) is 12.1 Å². The number of halogens is 4. The summed E-state index contributed by atoms with van der Waals surface area (Å²) in [5.41, 5.74) is 4.40. The van der Waals surface area contributed by atoms with E-state index in [1.54, 1.807) is 0 Å². The molecule has 110 valence electrons. The highest BCUT2D eigenvalue weighted by Crippen LogP contribution is 2.21. The van der Waals surface area contributed by atoms with E-state index in [9.17, 15) is 22.4 Å². The third-order valence-corrected chi connectivity index (χ3v) is 2.74. The first kappa shape index (κ1) is 14.8. The van der Waals surface area contributed by atoms with E-state index in [0.29, 0.717) is 6.07 Å². The van der Waals surface area contributed by atoms with Gasteiger partial charge in [0.1, 0.15) is 11.6 Å². The van der Waals surface area contributed by atoms with Crippen molar-refractivity contribution in [3.8, 4) is 0 Å². The molecule has 3 nitrogen and oxygen atoms in total. The third kappa shape index (κ3) is 3.31. The number of rotatable bonds is 3. The van der Waals surface area contributed by atoms with E-state index in [1.165, 1.54) is 12.1 Å². The molecule has 7 heteroatoms. The minimum atomic E-state index is -1.15. The van der Waals surface area contributed by atoms with E-state index >= 15 is 0 Å². The molecular formula is C14H10F4N2O. The molecule has 0 unspecified atom stereocenters. The largest absolute Gasteiger partial charge is 0.396 e. The summed E-state index contributed by atoms with van der Waals surface area (Å²) in [6, 6.07) is 4.82. The lowest BCUT2D eigenvalue weighted by atomic mass is 10.1. The van der Waals surface area contributed by atoms with E-state index in [4.69, 9.17) is 5.73 Å². The summed E-state index contributed by atoms with van der Waals surface area (Å²) in [5, 5.41) is 2.12. The molecule has 0 aliphatic carbocycles. The van der Waals surface area contributed by atoms with Crippen molar-refractivity contribution in [1.29, 1.82) is 0 Å². The van der Waals surface area contributed by atoms with Crippen molar-refractivity contribution in [2.75, 3.05) is 11.1 Å². The molecule has 0 radical (unpaired) electrons. The summed E-state index contributed by atoms with van der Waals surface area (Å²) in [4.78, 5) is 11.7. The predicted octanol–water partition coefficient (Wildman–Crippen LogP) is 3.01. The first-order chi connectivity index (χ1) is 9.88. The Balaban J connectivity index is 2.16. The van der Waals surface area contributed by atoms with Gasteiger partial charge in [-0.05, 0) is 12.1 Å². The number of benzene rings is 2. The van der Waals surface area contributed by atoms with Gasteiger partial charge in [-0.1, -0.05) is 12.1 Å². The molecule has 3 N–H and O–H groups in total. The number of carbonyl (C=O) groups excluding carboxylic acids is 1. The standard InChI is InChI=1S/C14H10F4N2O/c15-8-3-1-2-7(14(8)18)4-13(21)20-12-6-11(19)9(16)5-10(12)17/h1-3,5-6H,4,19H2,(H,20,21). The van der Waals surface area contributed by atoms with Crippen LogP contribution in [0.25, 0.3) is 0 Å². The van der Waals surface area contributed by atoms with Crippen LogP contribution in [-0.2, 0) is 11.2 Å². The molecule has 0 spiro atoms. The Labute approximate surface area is 117 Å². The van der Waals surface area contributed by atoms with Crippen LogP contribution in [0.2, 0.25) is 0 Å². The Morgan fingerprint density at radius 1 is 1.05 bits per heavy atom. The van der Waals surface area contributed by atoms with Gasteiger partial charge in [0.25, 0.3) is 0 Å². The number of hydrogen-bond donors (Lipinski definition) is 2. The summed E-state index contributed by atoms with van der Waals surface area (Å²) >= 11 is 0. The molecule has 0 saturated heterocycles. The van der Waals surface area contributed by atoms with Crippen LogP contribution in [0.5, 0.6) is 0 Å². The van der Waals surface area contributed by atoms with Crippen molar-refractivity contribution in [1.82, 2.24) is 0 Å². The number of nitrogens with one attached hydrogen (secondary N) is 1. The molecule has 0 aliphatic rings. The summed E-state index contributed by atoms with van der Waals surface area (Å²) in [5.74, 6) is -5.00. The third-order valence-electron chi connectivity index (χ3n) is 2.74. The topological polar surface area (TPSA) is 55.1 Å². The van der Waals surface area contributed by atoms with Crippen molar-refractivity contribution >= 4 is 17.3 Å². The smallest absolute Gasteiger partial charge is 0.228 e. The molecule has 0 heterocycles. The molecule has 2 aromatic carbocycles. The number of hydrogen-bond acceptors (Lipinski definition) is 2. The lowest BCUT2D eigenvalue weighted by Crippen LogP contribution is -2.17. The number of carbonyl (C=O) groups is 1. The normalized spacial score (nSPS) is 10.5. The maximum atomic E-state index is 13.4. The second-order valence-corrected chi connectivity index (χ2v) is 4.29. The highest BCUT2D eigenvalue weighted by molar-refractivity contribution is 5.92. The average Bonchev–Trinajstić information content (AvgIpc) is 2.41. The Kier molecular flexibility index (Phi) is 4.11. The van der Waals surface area contributed by atoms with Crippen LogP contribution in [0.15, 0.2) is 30.3 Å². The van der Waals surface area contributed by atoms with Gasteiger partial charge in [0.05, 0.1) is 17.8 Å². The number of nitrogens with two attached hydrogens (primary N) is 1. The molecule has 2 aromatic rings. The van der Waals surface area contributed by atoms with Crippen molar-refractivity contribution in [3.05, 3.63) is 59.2 Å². The minimum Gasteiger partial charge on any atom is -0.396 e. The van der Waals surface area contributed by atoms with Crippen LogP contribution in [0.4, 0.5) is 28.9 Å². The van der Waals surface area contributed by atoms with Crippen molar-refractivity contribution in [3.63, 3.8) is 0 Å². The monoisotopic (exact) mass is 298 g/mol. The molecule has 0 bridgehead atoms. The molecule has 1 amide bonds. The van der Waals surface area contributed by atoms with Gasteiger partial charge in [-0.15, -0.1) is 0 Å². The van der Waals surface area contributed by atoms with Crippen molar-refractivity contribution in [2.45, 2.75) is 6.42 Å². The second kappa shape index (κ2) is 5.82. The van der Waals surface area contributed by atoms with E-state index in [2.05, 4.69) is 5.32 Å². The van der Waals surface area contributed by atoms with Crippen LogP contribution in [0.3, 0.4) is 0 Å². The van der Waals surface area contributed by atoms with E-state index in [-0.39, 0.29) is 16.9 Å². The van der Waals surface area contributed by atoms with Gasteiger partial charge in [-0.25, -0.2) is 17.6 Å². The first-order valence-corrected chi connectivity index (χ1v) is 5.85. The molecule has 0 aliphatic heterocycles. The quantitative estimate of drug-likeness (QED) is 0.676. The molecule has 0 aromatic heterocycles. The Hall–Kier alpha value is -2.57. The maximum absolute atomic E-state index is 13.4. The average molecular weight is 298 g/mol. The summed E-state index contributed by atoms with van der Waals surface area (Å²) in [7, 11) is 0. The molecule has 0 saturated carbocycles. The SMILES string of the molecule is Nc1cc(NC(=O)Cc2cccc(F)c2F)c(F)cc1F. The van der Waals surface area contributed by atoms with Gasteiger partial charge in [0, 0.05) is 11.6 Å². The first-order valence-electron chi connectivity index (χ1n) is 5.85. The lowest BCUT2D eigenvalue weighted by molar-refractivity contribution is -0.115. The van der Waals surface area contributed by atoms with Gasteiger partial charge >= 0.3 is 0 Å². The number of nitrogen functional groups attached to an aromatic ring is 1. The van der Waals surface area contributed by atoms with Crippen LogP contribution in [0.1, 0.15) is 5.56 Å². The van der Waals surface area contributed by atoms with Gasteiger partial charge < -0.3 is 11.1 Å². The number of anilines is 2. The van der Waals surface area contributed by atoms with Crippen LogP contribution >= 0.6 is 0 Å². The fourth-order valence-electron chi connectivity index (χ4n) is 1.71. The van der Waals surface area contributed by atoms with Gasteiger partial charge in [0.2, 0.25) is 5.91 Å². The Morgan fingerprint density at radius 3 is 2.48 bits per heavy atom. The van der Waals surface area contributed by atoms with Crippen LogP contribution in [0, 0.1) is 23.3 Å². The summed E-state index contributed by atoms with van der Waals surface area (Å²) in [6.07, 6.45) is -0.500. The van der Waals surface area contributed by atoms with Gasteiger partial charge in [0.15, 0.2) is 11.6 Å². The molecule has 0 atom stereocenters.